The van der Waals surface area contributed by atoms with E-state index in [4.69, 9.17) is 11.6 Å². The molecule has 0 radical (unpaired) electrons. The average Bonchev–Trinajstić information content (AvgIpc) is 1.88. The van der Waals surface area contributed by atoms with Crippen LogP contribution in [0, 0.1) is 0 Å². The number of hydrogen-bond donors (Lipinski definition) is 0. The third-order valence-electron chi connectivity index (χ3n) is 1.25. The number of benzene rings is 1. The molecule has 0 N–H and O–H groups in total. The maximum Gasteiger partial charge on any atom is 0.129 e. The Balaban J connectivity index is 3.00. The lowest BCUT2D eigenvalue weighted by Crippen LogP contribution is -1.95. The van der Waals surface area contributed by atoms with Crippen LogP contribution >= 0.6 is 11.6 Å². The van der Waals surface area contributed by atoms with Crippen molar-refractivity contribution in [3.63, 3.8) is 0 Å². The van der Waals surface area contributed by atoms with Crippen LogP contribution < -0.4 is 0 Å². The van der Waals surface area contributed by atoms with Gasteiger partial charge in [0.2, 0.25) is 0 Å². The predicted molar refractivity (Wildman–Crippen MR) is 45.7 cm³/mol. The molecule has 0 aliphatic rings. The van der Waals surface area contributed by atoms with Crippen molar-refractivity contribution in [1.29, 1.82) is 0 Å². The molecule has 0 heterocycles. The van der Waals surface area contributed by atoms with Crippen LogP contribution in [0.4, 0.5) is 0 Å². The topological polar surface area (TPSA) is 17.1 Å². The van der Waals surface area contributed by atoms with E-state index in [2.05, 4.69) is 0 Å². The van der Waals surface area contributed by atoms with Gasteiger partial charge in [-0.25, -0.2) is 0 Å². The molecule has 0 aliphatic heterocycles. The van der Waals surface area contributed by atoms with Gasteiger partial charge in [0.05, 0.1) is 10.2 Å². The normalized spacial score (nSPS) is 9.70. The van der Waals surface area contributed by atoms with Gasteiger partial charge in [-0.1, -0.05) is 23.7 Å². The fraction of sp³-hybridized carbons (Fsp3) is 0. The summed E-state index contributed by atoms with van der Waals surface area (Å²) < 4.78 is 0. The van der Waals surface area contributed by atoms with Crippen molar-refractivity contribution in [1.82, 2.24) is 0 Å². The summed E-state index contributed by atoms with van der Waals surface area (Å²) in [6.45, 7) is 0. The minimum absolute atomic E-state index is 0.205. The van der Waals surface area contributed by atoms with E-state index in [9.17, 15) is 4.79 Å². The summed E-state index contributed by atoms with van der Waals surface area (Å²) in [6, 6.07) is 6.95. The first-order valence-corrected chi connectivity index (χ1v) is 4.34. The molecular formula is C7H7ClOSi. The molecule has 0 unspecified atom stereocenters. The zero-order valence-electron chi connectivity index (χ0n) is 5.60. The van der Waals surface area contributed by atoms with Crippen LogP contribution in [0.2, 0.25) is 5.02 Å². The summed E-state index contributed by atoms with van der Waals surface area (Å²) >= 11 is 5.62. The van der Waals surface area contributed by atoms with Crippen molar-refractivity contribution in [3.8, 4) is 0 Å². The Bertz CT molecular complexity index is 242. The molecule has 3 heteroatoms. The summed E-state index contributed by atoms with van der Waals surface area (Å²) in [6.07, 6.45) is 0. The molecule has 10 heavy (non-hydrogen) atoms. The summed E-state index contributed by atoms with van der Waals surface area (Å²) in [5, 5.41) is 0.878. The van der Waals surface area contributed by atoms with E-state index >= 15 is 0 Å². The molecule has 1 aromatic carbocycles. The Hall–Kier alpha value is -0.603. The van der Waals surface area contributed by atoms with Crippen molar-refractivity contribution in [3.05, 3.63) is 34.9 Å². The molecule has 1 rings (SSSR count). The molecule has 0 aromatic heterocycles. The molecule has 0 fully saturated rings. The van der Waals surface area contributed by atoms with Crippen LogP contribution in [0.1, 0.15) is 10.4 Å². The van der Waals surface area contributed by atoms with Crippen molar-refractivity contribution >= 4 is 27.2 Å². The minimum atomic E-state index is 0.205. The van der Waals surface area contributed by atoms with Crippen molar-refractivity contribution in [2.24, 2.45) is 0 Å². The third-order valence-corrected chi connectivity index (χ3v) is 2.08. The van der Waals surface area contributed by atoms with Gasteiger partial charge in [0.25, 0.3) is 0 Å². The van der Waals surface area contributed by atoms with Crippen LogP contribution in [-0.2, 0) is 0 Å². The standard InChI is InChI=1S/C7H7ClOSi/c8-6-3-1-5(2-4-6)7(9)10/h1-4H,10H3. The Morgan fingerprint density at radius 3 is 2.20 bits per heavy atom. The SMILES string of the molecule is O=C([SiH3])c1ccc(Cl)cc1. The molecule has 52 valence electrons. The van der Waals surface area contributed by atoms with Crippen molar-refractivity contribution in [2.45, 2.75) is 0 Å². The van der Waals surface area contributed by atoms with E-state index in [1.807, 2.05) is 0 Å². The molecule has 0 saturated carbocycles. The predicted octanol–water partition coefficient (Wildman–Crippen LogP) is 0.846. The van der Waals surface area contributed by atoms with E-state index in [0.29, 0.717) is 15.3 Å². The molecule has 0 amide bonds. The highest BCUT2D eigenvalue weighted by Gasteiger charge is 1.95. The fourth-order valence-corrected chi connectivity index (χ4v) is 1.14. The quantitative estimate of drug-likeness (QED) is 0.572. The van der Waals surface area contributed by atoms with Crippen molar-refractivity contribution in [2.75, 3.05) is 0 Å². The third kappa shape index (κ3) is 1.69. The highest BCUT2D eigenvalue weighted by molar-refractivity contribution is 6.62. The second-order valence-electron chi connectivity index (χ2n) is 2.06. The first-order valence-electron chi connectivity index (χ1n) is 2.96. The first kappa shape index (κ1) is 7.50. The molecule has 0 saturated heterocycles. The number of carbonyl (C=O) groups is 1. The fourth-order valence-electron chi connectivity index (χ4n) is 0.685. The summed E-state index contributed by atoms with van der Waals surface area (Å²) in [5.41, 5.74) is 0.760. The van der Waals surface area contributed by atoms with E-state index in [1.54, 1.807) is 24.3 Å². The number of rotatable bonds is 1. The molecule has 0 spiro atoms. The highest BCUT2D eigenvalue weighted by atomic mass is 35.5. The van der Waals surface area contributed by atoms with Gasteiger partial charge in [-0.05, 0) is 12.1 Å². The number of hydrogen-bond acceptors (Lipinski definition) is 1. The van der Waals surface area contributed by atoms with Gasteiger partial charge in [-0.3, -0.25) is 0 Å². The Morgan fingerprint density at radius 1 is 1.30 bits per heavy atom. The van der Waals surface area contributed by atoms with Gasteiger partial charge in [0.1, 0.15) is 5.41 Å². The average molecular weight is 171 g/mol. The molecular weight excluding hydrogens is 164 g/mol. The molecule has 0 bridgehead atoms. The lowest BCUT2D eigenvalue weighted by atomic mass is 10.2. The first-order chi connectivity index (χ1) is 4.70. The Kier molecular flexibility index (Phi) is 2.24. The smallest absolute Gasteiger partial charge is 0.129 e. The molecule has 0 aliphatic carbocycles. The van der Waals surface area contributed by atoms with Gasteiger partial charge < -0.3 is 4.79 Å². The summed E-state index contributed by atoms with van der Waals surface area (Å²) in [4.78, 5) is 10.8. The number of carbonyl (C=O) groups excluding carboxylic acids is 1. The molecule has 0 atom stereocenters. The monoisotopic (exact) mass is 170 g/mol. The van der Waals surface area contributed by atoms with Crippen molar-refractivity contribution < 1.29 is 4.79 Å². The summed E-state index contributed by atoms with van der Waals surface area (Å²) in [7, 11) is 0.572. The lowest BCUT2D eigenvalue weighted by Gasteiger charge is -1.92. The second-order valence-corrected chi connectivity index (χ2v) is 3.41. The van der Waals surface area contributed by atoms with Gasteiger partial charge in [-0.15, -0.1) is 0 Å². The van der Waals surface area contributed by atoms with Crippen LogP contribution in [0.3, 0.4) is 0 Å². The zero-order valence-corrected chi connectivity index (χ0v) is 8.35. The van der Waals surface area contributed by atoms with E-state index in [1.165, 1.54) is 0 Å². The minimum Gasteiger partial charge on any atom is -0.301 e. The van der Waals surface area contributed by atoms with Crippen LogP contribution in [-0.4, -0.2) is 15.6 Å². The van der Waals surface area contributed by atoms with Gasteiger partial charge in [0, 0.05) is 10.6 Å². The zero-order chi connectivity index (χ0) is 7.56. The molecule has 1 aromatic rings. The maximum absolute atomic E-state index is 10.8. The second kappa shape index (κ2) is 2.99. The molecule has 1 nitrogen and oxygen atoms in total. The highest BCUT2D eigenvalue weighted by Crippen LogP contribution is 2.08. The van der Waals surface area contributed by atoms with E-state index in [0.717, 1.165) is 5.56 Å². The summed E-state index contributed by atoms with van der Waals surface area (Å²) in [5.74, 6) is 0. The largest absolute Gasteiger partial charge is 0.301 e. The van der Waals surface area contributed by atoms with Crippen LogP contribution in [0.15, 0.2) is 24.3 Å². The Labute approximate surface area is 67.4 Å². The Morgan fingerprint density at radius 2 is 1.80 bits per heavy atom. The van der Waals surface area contributed by atoms with E-state index < -0.39 is 0 Å². The van der Waals surface area contributed by atoms with Gasteiger partial charge >= 0.3 is 0 Å². The van der Waals surface area contributed by atoms with Gasteiger partial charge in [-0.2, -0.15) is 0 Å². The lowest BCUT2D eigenvalue weighted by molar-refractivity contribution is 0.108. The van der Waals surface area contributed by atoms with Crippen LogP contribution in [0.25, 0.3) is 0 Å². The van der Waals surface area contributed by atoms with Crippen LogP contribution in [0.5, 0.6) is 0 Å². The van der Waals surface area contributed by atoms with Gasteiger partial charge in [0.15, 0.2) is 0 Å². The number of halogens is 1. The maximum atomic E-state index is 10.8. The van der Waals surface area contributed by atoms with E-state index in [-0.39, 0.29) is 5.41 Å².